The molecule has 4 aromatic rings. The molecule has 152 valence electrons. The Morgan fingerprint density at radius 2 is 1.67 bits per heavy atom. The predicted molar refractivity (Wildman–Crippen MR) is 118 cm³/mol. The number of H-pyrrole nitrogens is 1. The molecular formula is C25H23NO4. The van der Waals surface area contributed by atoms with Crippen molar-refractivity contribution in [1.29, 1.82) is 0 Å². The molecule has 30 heavy (non-hydrogen) atoms. The zero-order valence-corrected chi connectivity index (χ0v) is 16.8. The summed E-state index contributed by atoms with van der Waals surface area (Å²) in [4.78, 5) is 15.3. The Bertz CT molecular complexity index is 1180. The number of aromatic amines is 1. The lowest BCUT2D eigenvalue weighted by atomic mass is 10.1. The Labute approximate surface area is 174 Å². The predicted octanol–water partition coefficient (Wildman–Crippen LogP) is 4.80. The summed E-state index contributed by atoms with van der Waals surface area (Å²) in [6.45, 7) is 1.47. The highest BCUT2D eigenvalue weighted by Crippen LogP contribution is 2.32. The van der Waals surface area contributed by atoms with Gasteiger partial charge in [0, 0.05) is 17.0 Å². The monoisotopic (exact) mass is 401 g/mol. The van der Waals surface area contributed by atoms with Crippen molar-refractivity contribution in [1.82, 2.24) is 4.98 Å². The molecule has 0 unspecified atom stereocenters. The van der Waals surface area contributed by atoms with E-state index in [9.17, 15) is 4.79 Å². The minimum absolute atomic E-state index is 0.124. The second kappa shape index (κ2) is 9.29. The highest BCUT2D eigenvalue weighted by Gasteiger charge is 2.10. The average Bonchev–Trinajstić information content (AvgIpc) is 2.79. The van der Waals surface area contributed by atoms with Crippen LogP contribution in [0, 0.1) is 0 Å². The topological polar surface area (TPSA) is 60.6 Å². The van der Waals surface area contributed by atoms with E-state index in [0.717, 1.165) is 16.5 Å². The van der Waals surface area contributed by atoms with Gasteiger partial charge >= 0.3 is 0 Å². The highest BCUT2D eigenvalue weighted by molar-refractivity contribution is 5.86. The molecule has 5 heteroatoms. The minimum Gasteiger partial charge on any atom is -0.496 e. The third kappa shape index (κ3) is 4.53. The molecule has 0 saturated carbocycles. The van der Waals surface area contributed by atoms with Crippen LogP contribution in [0.1, 0.15) is 5.56 Å². The maximum Gasteiger partial charge on any atom is 0.256 e. The van der Waals surface area contributed by atoms with E-state index in [1.807, 2.05) is 78.9 Å². The van der Waals surface area contributed by atoms with Crippen LogP contribution in [-0.2, 0) is 11.3 Å². The molecule has 1 N–H and O–H groups in total. The molecule has 1 heterocycles. The van der Waals surface area contributed by atoms with Gasteiger partial charge in [-0.25, -0.2) is 0 Å². The fourth-order valence-corrected chi connectivity index (χ4v) is 3.32. The summed E-state index contributed by atoms with van der Waals surface area (Å²) in [5, 5.41) is 1.55. The molecular weight excluding hydrogens is 378 g/mol. The van der Waals surface area contributed by atoms with Crippen LogP contribution < -0.4 is 15.0 Å². The van der Waals surface area contributed by atoms with Gasteiger partial charge in [0.1, 0.15) is 18.1 Å². The van der Waals surface area contributed by atoms with Crippen LogP contribution in [-0.4, -0.2) is 25.3 Å². The van der Waals surface area contributed by atoms with Crippen molar-refractivity contribution >= 4 is 10.8 Å². The van der Waals surface area contributed by atoms with E-state index in [2.05, 4.69) is 4.98 Å². The van der Waals surface area contributed by atoms with Crippen molar-refractivity contribution in [2.75, 3.05) is 20.3 Å². The molecule has 0 aliphatic rings. The molecule has 0 radical (unpaired) electrons. The van der Waals surface area contributed by atoms with Gasteiger partial charge in [-0.1, -0.05) is 48.5 Å². The van der Waals surface area contributed by atoms with Crippen LogP contribution >= 0.6 is 0 Å². The first-order valence-corrected chi connectivity index (χ1v) is 9.79. The van der Waals surface area contributed by atoms with Crippen molar-refractivity contribution in [3.05, 3.63) is 94.8 Å². The maximum absolute atomic E-state index is 12.4. The fourth-order valence-electron chi connectivity index (χ4n) is 3.32. The molecule has 0 aliphatic carbocycles. The average molecular weight is 401 g/mol. The molecule has 1 aromatic heterocycles. The zero-order chi connectivity index (χ0) is 20.8. The first-order chi connectivity index (χ1) is 14.7. The highest BCUT2D eigenvalue weighted by atomic mass is 16.5. The molecule has 0 aliphatic heterocycles. The number of hydrogen-bond donors (Lipinski definition) is 1. The Hall–Kier alpha value is -3.57. The SMILES string of the molecule is COc1cc(OCCOCc2ccccc2)ccc1-c1cc2ccccc2c(=O)[nH]1. The molecule has 0 amide bonds. The van der Waals surface area contributed by atoms with Gasteiger partial charge in [0.2, 0.25) is 0 Å². The molecule has 0 atom stereocenters. The Morgan fingerprint density at radius 3 is 2.50 bits per heavy atom. The second-order valence-corrected chi connectivity index (χ2v) is 6.85. The Balaban J connectivity index is 1.43. The molecule has 3 aromatic carbocycles. The van der Waals surface area contributed by atoms with E-state index < -0.39 is 0 Å². The number of aromatic nitrogens is 1. The summed E-state index contributed by atoms with van der Waals surface area (Å²) in [5.41, 5.74) is 2.51. The van der Waals surface area contributed by atoms with Gasteiger partial charge in [-0.05, 0) is 35.2 Å². The number of ether oxygens (including phenoxy) is 3. The van der Waals surface area contributed by atoms with Crippen molar-refractivity contribution in [2.45, 2.75) is 6.61 Å². The molecule has 0 bridgehead atoms. The van der Waals surface area contributed by atoms with E-state index in [1.54, 1.807) is 7.11 Å². The van der Waals surface area contributed by atoms with Crippen LogP contribution in [0.25, 0.3) is 22.0 Å². The molecule has 4 rings (SSSR count). The van der Waals surface area contributed by atoms with Crippen molar-refractivity contribution in [2.24, 2.45) is 0 Å². The number of methoxy groups -OCH3 is 1. The fraction of sp³-hybridized carbons (Fsp3) is 0.160. The first-order valence-electron chi connectivity index (χ1n) is 9.79. The van der Waals surface area contributed by atoms with E-state index in [0.29, 0.717) is 42.4 Å². The molecule has 0 saturated heterocycles. The Kier molecular flexibility index (Phi) is 6.11. The van der Waals surface area contributed by atoms with Gasteiger partial charge in [0.15, 0.2) is 0 Å². The number of rotatable bonds is 8. The summed E-state index contributed by atoms with van der Waals surface area (Å²) in [6.07, 6.45) is 0. The second-order valence-electron chi connectivity index (χ2n) is 6.85. The molecule has 0 fully saturated rings. The van der Waals surface area contributed by atoms with E-state index in [-0.39, 0.29) is 5.56 Å². The molecule has 5 nitrogen and oxygen atoms in total. The lowest BCUT2D eigenvalue weighted by molar-refractivity contribution is 0.0888. The summed E-state index contributed by atoms with van der Waals surface area (Å²) in [7, 11) is 1.60. The third-order valence-corrected chi connectivity index (χ3v) is 4.82. The lowest BCUT2D eigenvalue weighted by Crippen LogP contribution is -2.08. The normalized spacial score (nSPS) is 10.8. The van der Waals surface area contributed by atoms with E-state index >= 15 is 0 Å². The van der Waals surface area contributed by atoms with Crippen LogP contribution in [0.2, 0.25) is 0 Å². The molecule has 0 spiro atoms. The smallest absolute Gasteiger partial charge is 0.256 e. The lowest BCUT2D eigenvalue weighted by Gasteiger charge is -2.13. The van der Waals surface area contributed by atoms with Crippen LogP contribution in [0.15, 0.2) is 83.7 Å². The zero-order valence-electron chi connectivity index (χ0n) is 16.8. The summed E-state index contributed by atoms with van der Waals surface area (Å²) >= 11 is 0. The van der Waals surface area contributed by atoms with Crippen molar-refractivity contribution in [3.8, 4) is 22.8 Å². The first kappa shape index (κ1) is 19.7. The number of benzene rings is 3. The van der Waals surface area contributed by atoms with Crippen LogP contribution in [0.4, 0.5) is 0 Å². The Morgan fingerprint density at radius 1 is 0.867 bits per heavy atom. The summed E-state index contributed by atoms with van der Waals surface area (Å²) in [5.74, 6) is 1.31. The quantitative estimate of drug-likeness (QED) is 0.431. The largest absolute Gasteiger partial charge is 0.496 e. The number of hydrogen-bond acceptors (Lipinski definition) is 4. The number of nitrogens with one attached hydrogen (secondary N) is 1. The minimum atomic E-state index is -0.124. The summed E-state index contributed by atoms with van der Waals surface area (Å²) < 4.78 is 17.0. The van der Waals surface area contributed by atoms with Gasteiger partial charge in [0.05, 0.1) is 26.0 Å². The van der Waals surface area contributed by atoms with E-state index in [4.69, 9.17) is 14.2 Å². The van der Waals surface area contributed by atoms with Gasteiger partial charge in [0.25, 0.3) is 5.56 Å². The maximum atomic E-state index is 12.4. The number of fused-ring (bicyclic) bond motifs is 1. The third-order valence-electron chi connectivity index (χ3n) is 4.82. The van der Waals surface area contributed by atoms with Gasteiger partial charge in [-0.3, -0.25) is 4.79 Å². The van der Waals surface area contributed by atoms with Gasteiger partial charge in [-0.15, -0.1) is 0 Å². The standard InChI is InChI=1S/C25H23NO4/c1-28-24-16-20(30-14-13-29-17-18-7-3-2-4-8-18)11-12-22(24)23-15-19-9-5-6-10-21(19)25(27)26-23/h2-12,15-16H,13-14,17H2,1H3,(H,26,27). The van der Waals surface area contributed by atoms with Crippen LogP contribution in [0.5, 0.6) is 11.5 Å². The summed E-state index contributed by atoms with van der Waals surface area (Å²) in [6, 6.07) is 25.1. The number of pyridine rings is 1. The van der Waals surface area contributed by atoms with Crippen molar-refractivity contribution < 1.29 is 14.2 Å². The van der Waals surface area contributed by atoms with Gasteiger partial charge < -0.3 is 19.2 Å². The van der Waals surface area contributed by atoms with E-state index in [1.165, 1.54) is 0 Å². The van der Waals surface area contributed by atoms with Crippen molar-refractivity contribution in [3.63, 3.8) is 0 Å². The van der Waals surface area contributed by atoms with Crippen LogP contribution in [0.3, 0.4) is 0 Å². The van der Waals surface area contributed by atoms with Gasteiger partial charge in [-0.2, -0.15) is 0 Å².